The summed E-state index contributed by atoms with van der Waals surface area (Å²) in [7, 11) is 0. The number of Topliss-reactive ketones (excluding diaryl/α,β-unsaturated/α-hetero) is 1. The summed E-state index contributed by atoms with van der Waals surface area (Å²) >= 11 is 0. The Hall–Kier alpha value is -2.76. The summed E-state index contributed by atoms with van der Waals surface area (Å²) in [6, 6.07) is 20.2. The predicted molar refractivity (Wildman–Crippen MR) is 111 cm³/mol. The molecule has 2 aromatic carbocycles. The lowest BCUT2D eigenvalue weighted by atomic mass is 9.96. The molecular formula is C23H27N3O2. The smallest absolute Gasteiger partial charge is 0.181 e. The Kier molecular flexibility index (Phi) is 6.74. The third-order valence-electron chi connectivity index (χ3n) is 5.14. The van der Waals surface area contributed by atoms with Crippen LogP contribution in [0, 0.1) is 0 Å². The van der Waals surface area contributed by atoms with E-state index in [1.165, 1.54) is 24.1 Å². The zero-order valence-electron chi connectivity index (χ0n) is 16.2. The second-order valence-corrected chi connectivity index (χ2v) is 7.10. The second kappa shape index (κ2) is 9.44. The zero-order chi connectivity index (χ0) is 19.9. The van der Waals surface area contributed by atoms with Crippen LogP contribution in [0.25, 0.3) is 0 Å². The number of nitrogens with two attached hydrogens (primary N) is 1. The van der Waals surface area contributed by atoms with Gasteiger partial charge in [0.2, 0.25) is 0 Å². The summed E-state index contributed by atoms with van der Waals surface area (Å²) in [6.45, 7) is 4.73. The highest BCUT2D eigenvalue weighted by molar-refractivity contribution is 6.10. The Morgan fingerprint density at radius 2 is 1.39 bits per heavy atom. The van der Waals surface area contributed by atoms with Gasteiger partial charge in [-0.3, -0.25) is 14.5 Å². The van der Waals surface area contributed by atoms with Crippen LogP contribution in [0.2, 0.25) is 0 Å². The van der Waals surface area contributed by atoms with Crippen LogP contribution in [0.4, 0.5) is 0 Å². The highest BCUT2D eigenvalue weighted by Crippen LogP contribution is 2.29. The van der Waals surface area contributed by atoms with Gasteiger partial charge in [0.25, 0.3) is 0 Å². The third kappa shape index (κ3) is 4.94. The Bertz CT molecular complexity index is 773. The molecule has 146 valence electrons. The maximum Gasteiger partial charge on any atom is 0.181 e. The number of carbonyl (C=O) groups is 2. The van der Waals surface area contributed by atoms with Crippen LogP contribution < -0.4 is 5.73 Å². The van der Waals surface area contributed by atoms with E-state index >= 15 is 0 Å². The third-order valence-corrected chi connectivity index (χ3v) is 5.14. The van der Waals surface area contributed by atoms with E-state index in [9.17, 15) is 9.59 Å². The first-order valence-electron chi connectivity index (χ1n) is 9.62. The van der Waals surface area contributed by atoms with E-state index in [4.69, 9.17) is 5.73 Å². The minimum Gasteiger partial charge on any atom is -0.375 e. The maximum atomic E-state index is 11.9. The normalized spacial score (nSPS) is 16.5. The van der Waals surface area contributed by atoms with Gasteiger partial charge in [0, 0.05) is 32.4 Å². The van der Waals surface area contributed by atoms with Crippen molar-refractivity contribution in [1.82, 2.24) is 9.80 Å². The van der Waals surface area contributed by atoms with Gasteiger partial charge in [-0.2, -0.15) is 0 Å². The highest BCUT2D eigenvalue weighted by atomic mass is 16.2. The second-order valence-electron chi connectivity index (χ2n) is 7.10. The van der Waals surface area contributed by atoms with Crippen molar-refractivity contribution in [3.8, 4) is 0 Å². The quantitative estimate of drug-likeness (QED) is 0.593. The minimum absolute atomic E-state index is 0.210. The van der Waals surface area contributed by atoms with Crippen molar-refractivity contribution in [2.75, 3.05) is 26.2 Å². The molecule has 2 aromatic rings. The molecule has 0 bridgehead atoms. The van der Waals surface area contributed by atoms with Crippen LogP contribution in [0.3, 0.4) is 0 Å². The first kappa shape index (κ1) is 20.0. The fraction of sp³-hybridized carbons (Fsp3) is 0.304. The molecule has 0 spiro atoms. The topological polar surface area (TPSA) is 66.6 Å². The van der Waals surface area contributed by atoms with E-state index in [1.54, 1.807) is 6.20 Å². The number of hydrogen-bond acceptors (Lipinski definition) is 5. The summed E-state index contributed by atoms with van der Waals surface area (Å²) in [5.74, 6) is -0.658. The lowest BCUT2D eigenvalue weighted by Crippen LogP contribution is -2.46. The number of nitrogens with zero attached hydrogens (tertiary/aromatic N) is 2. The highest BCUT2D eigenvalue weighted by Gasteiger charge is 2.25. The van der Waals surface area contributed by atoms with Crippen LogP contribution in [-0.2, 0) is 9.59 Å². The Labute approximate surface area is 166 Å². The van der Waals surface area contributed by atoms with Crippen LogP contribution in [-0.4, -0.2) is 53.6 Å². The molecule has 1 saturated heterocycles. The van der Waals surface area contributed by atoms with Crippen LogP contribution in [0.5, 0.6) is 0 Å². The van der Waals surface area contributed by atoms with Gasteiger partial charge >= 0.3 is 0 Å². The van der Waals surface area contributed by atoms with Crippen molar-refractivity contribution in [1.29, 1.82) is 0 Å². The summed E-state index contributed by atoms with van der Waals surface area (Å²) in [6.07, 6.45) is 3.19. The van der Waals surface area contributed by atoms with Crippen molar-refractivity contribution in [2.24, 2.45) is 5.73 Å². The van der Waals surface area contributed by atoms with Crippen LogP contribution >= 0.6 is 0 Å². The van der Waals surface area contributed by atoms with Crippen molar-refractivity contribution in [3.63, 3.8) is 0 Å². The molecular weight excluding hydrogens is 350 g/mol. The van der Waals surface area contributed by atoms with Crippen LogP contribution in [0.15, 0.2) is 72.9 Å². The molecule has 5 heteroatoms. The lowest BCUT2D eigenvalue weighted by Gasteiger charge is -2.39. The molecule has 0 aromatic heterocycles. The molecule has 28 heavy (non-hydrogen) atoms. The van der Waals surface area contributed by atoms with Gasteiger partial charge in [0.15, 0.2) is 11.6 Å². The van der Waals surface area contributed by atoms with Gasteiger partial charge in [0.1, 0.15) is 6.04 Å². The molecule has 1 aliphatic heterocycles. The number of hydrogen-bond donors (Lipinski definition) is 1. The minimum atomic E-state index is -1.06. The van der Waals surface area contributed by atoms with Gasteiger partial charge in [-0.05, 0) is 24.1 Å². The lowest BCUT2D eigenvalue weighted by molar-refractivity contribution is -0.125. The zero-order valence-corrected chi connectivity index (χ0v) is 16.2. The van der Waals surface area contributed by atoms with Crippen molar-refractivity contribution in [3.05, 3.63) is 84.1 Å². The van der Waals surface area contributed by atoms with E-state index in [1.807, 2.05) is 12.1 Å². The number of rotatable bonds is 7. The number of ketones is 2. The molecule has 0 aliphatic carbocycles. The molecule has 1 aliphatic rings. The Morgan fingerprint density at radius 1 is 0.893 bits per heavy atom. The standard InChI is InChI=1S/C23H27N3O2/c1-18(27)22(24)21(28)12-13-25-14-16-26(17-15-25)23(19-8-4-2-5-9-19)20-10-6-3-7-11-20/h2-13,22-23H,14-17,24H2,1H3/b13-12-. The SMILES string of the molecule is CC(=O)C(N)C(=O)/C=C\N1CCN(C(c2ccccc2)c2ccccc2)CC1. The largest absolute Gasteiger partial charge is 0.375 e. The van der Waals surface area contributed by atoms with Crippen molar-refractivity contribution in [2.45, 2.75) is 19.0 Å². The summed E-state index contributed by atoms with van der Waals surface area (Å²) in [5.41, 5.74) is 8.15. The van der Waals surface area contributed by atoms with E-state index in [0.29, 0.717) is 0 Å². The van der Waals surface area contributed by atoms with Gasteiger partial charge in [-0.1, -0.05) is 60.7 Å². The summed E-state index contributed by atoms with van der Waals surface area (Å²) in [5, 5.41) is 0. The monoisotopic (exact) mass is 377 g/mol. The van der Waals surface area contributed by atoms with Gasteiger partial charge < -0.3 is 10.6 Å². The predicted octanol–water partition coefficient (Wildman–Crippen LogP) is 2.39. The molecule has 1 fully saturated rings. The molecule has 0 radical (unpaired) electrons. The molecule has 5 nitrogen and oxygen atoms in total. The van der Waals surface area contributed by atoms with Gasteiger partial charge in [-0.15, -0.1) is 0 Å². The molecule has 1 atom stereocenters. The first-order valence-corrected chi connectivity index (χ1v) is 9.62. The molecule has 3 rings (SSSR count). The van der Waals surface area contributed by atoms with Gasteiger partial charge in [0.05, 0.1) is 6.04 Å². The van der Waals surface area contributed by atoms with E-state index in [-0.39, 0.29) is 17.6 Å². The summed E-state index contributed by atoms with van der Waals surface area (Å²) in [4.78, 5) is 27.7. The first-order chi connectivity index (χ1) is 13.6. The van der Waals surface area contributed by atoms with Crippen molar-refractivity contribution < 1.29 is 9.59 Å². The Balaban J connectivity index is 1.68. The van der Waals surface area contributed by atoms with E-state index in [2.05, 4.69) is 58.3 Å². The average Bonchev–Trinajstić information content (AvgIpc) is 2.74. The maximum absolute atomic E-state index is 11.9. The van der Waals surface area contributed by atoms with Gasteiger partial charge in [-0.25, -0.2) is 0 Å². The van der Waals surface area contributed by atoms with Crippen LogP contribution in [0.1, 0.15) is 24.1 Å². The fourth-order valence-electron chi connectivity index (χ4n) is 3.51. The molecule has 0 saturated carbocycles. The molecule has 1 unspecified atom stereocenters. The number of benzene rings is 2. The molecule has 0 amide bonds. The van der Waals surface area contributed by atoms with E-state index in [0.717, 1.165) is 26.2 Å². The van der Waals surface area contributed by atoms with Crippen molar-refractivity contribution >= 4 is 11.6 Å². The number of carbonyl (C=O) groups excluding carboxylic acids is 2. The van der Waals surface area contributed by atoms with E-state index < -0.39 is 6.04 Å². The summed E-state index contributed by atoms with van der Waals surface area (Å²) < 4.78 is 0. The Morgan fingerprint density at radius 3 is 1.86 bits per heavy atom. The molecule has 2 N–H and O–H groups in total. The fourth-order valence-corrected chi connectivity index (χ4v) is 3.51. The molecule has 1 heterocycles. The number of piperazine rings is 1. The average molecular weight is 377 g/mol.